The minimum Gasteiger partial charge on any atom is -0.267 e. The van der Waals surface area contributed by atoms with E-state index in [-0.39, 0.29) is 16.8 Å². The summed E-state index contributed by atoms with van der Waals surface area (Å²) in [6, 6.07) is 11.2. The molecule has 3 aromatic rings. The van der Waals surface area contributed by atoms with E-state index in [0.717, 1.165) is 23.0 Å². The van der Waals surface area contributed by atoms with Crippen molar-refractivity contribution in [3.05, 3.63) is 87.7 Å². The maximum absolute atomic E-state index is 12.6. The third-order valence-electron chi connectivity index (χ3n) is 3.88. The summed E-state index contributed by atoms with van der Waals surface area (Å²) in [5.41, 5.74) is 3.32. The largest absolute Gasteiger partial charge is 0.435 e. The molecule has 0 bridgehead atoms. The number of nitro groups is 1. The molecule has 1 aromatic heterocycles. The van der Waals surface area contributed by atoms with Crippen molar-refractivity contribution in [3.8, 4) is 5.69 Å². The molecule has 1 heterocycles. The molecule has 2 amide bonds. The van der Waals surface area contributed by atoms with Gasteiger partial charge in [-0.15, -0.1) is 0 Å². The Morgan fingerprint density at radius 2 is 1.60 bits per heavy atom. The number of hydrazine groups is 1. The van der Waals surface area contributed by atoms with Crippen LogP contribution in [0.2, 0.25) is 0 Å². The van der Waals surface area contributed by atoms with Gasteiger partial charge in [0.25, 0.3) is 17.5 Å². The van der Waals surface area contributed by atoms with Crippen molar-refractivity contribution in [2.24, 2.45) is 0 Å². The highest BCUT2D eigenvalue weighted by Gasteiger charge is 2.33. The van der Waals surface area contributed by atoms with Gasteiger partial charge >= 0.3 is 6.18 Å². The van der Waals surface area contributed by atoms with Crippen molar-refractivity contribution in [1.82, 2.24) is 20.6 Å². The smallest absolute Gasteiger partial charge is 0.267 e. The van der Waals surface area contributed by atoms with E-state index in [0.29, 0.717) is 5.69 Å². The van der Waals surface area contributed by atoms with E-state index in [1.165, 1.54) is 42.5 Å². The monoisotopic (exact) mass is 419 g/mol. The van der Waals surface area contributed by atoms with E-state index in [2.05, 4.69) is 16.0 Å². The van der Waals surface area contributed by atoms with Crippen molar-refractivity contribution >= 4 is 17.5 Å². The van der Waals surface area contributed by atoms with E-state index in [4.69, 9.17) is 0 Å². The number of hydrogen-bond acceptors (Lipinski definition) is 5. The van der Waals surface area contributed by atoms with Crippen LogP contribution in [0.3, 0.4) is 0 Å². The average molecular weight is 419 g/mol. The van der Waals surface area contributed by atoms with Crippen LogP contribution in [-0.2, 0) is 6.18 Å². The van der Waals surface area contributed by atoms with Crippen LogP contribution in [0, 0.1) is 10.1 Å². The van der Waals surface area contributed by atoms with E-state index >= 15 is 0 Å². The number of halogens is 3. The number of amides is 2. The lowest BCUT2D eigenvalue weighted by Gasteiger charge is -2.08. The zero-order valence-corrected chi connectivity index (χ0v) is 14.9. The van der Waals surface area contributed by atoms with Gasteiger partial charge in [0, 0.05) is 29.5 Å². The molecule has 0 radical (unpaired) electrons. The minimum absolute atomic E-state index is 0.0287. The third-order valence-corrected chi connectivity index (χ3v) is 3.88. The van der Waals surface area contributed by atoms with Crippen molar-refractivity contribution < 1.29 is 27.7 Å². The Morgan fingerprint density at radius 3 is 2.17 bits per heavy atom. The zero-order valence-electron chi connectivity index (χ0n) is 14.9. The number of nitrogens with one attached hydrogen (secondary N) is 2. The van der Waals surface area contributed by atoms with E-state index in [1.807, 2.05) is 0 Å². The molecule has 0 aliphatic carbocycles. The Morgan fingerprint density at radius 1 is 0.967 bits per heavy atom. The van der Waals surface area contributed by atoms with Crippen molar-refractivity contribution in [2.45, 2.75) is 6.18 Å². The van der Waals surface area contributed by atoms with Gasteiger partial charge in [-0.1, -0.05) is 6.07 Å². The number of non-ortho nitro benzene ring substituents is 1. The molecule has 3 rings (SSSR count). The number of carbonyl (C=O) groups excluding carboxylic acids is 2. The second kappa shape index (κ2) is 8.03. The van der Waals surface area contributed by atoms with Crippen LogP contribution < -0.4 is 10.9 Å². The lowest BCUT2D eigenvalue weighted by molar-refractivity contribution is -0.384. The molecular formula is C18H12F3N5O4. The molecule has 0 fully saturated rings. The van der Waals surface area contributed by atoms with Crippen molar-refractivity contribution in [3.63, 3.8) is 0 Å². The number of aromatic nitrogens is 2. The topological polar surface area (TPSA) is 119 Å². The van der Waals surface area contributed by atoms with Crippen LogP contribution in [0.25, 0.3) is 5.69 Å². The summed E-state index contributed by atoms with van der Waals surface area (Å²) < 4.78 is 38.9. The summed E-state index contributed by atoms with van der Waals surface area (Å²) in [7, 11) is 0. The lowest BCUT2D eigenvalue weighted by Crippen LogP contribution is -2.41. The van der Waals surface area contributed by atoms with Gasteiger partial charge in [0.15, 0.2) is 5.69 Å². The number of hydrogen-bond donors (Lipinski definition) is 2. The molecule has 0 atom stereocenters. The molecular weight excluding hydrogens is 407 g/mol. The number of carbonyl (C=O) groups is 2. The highest BCUT2D eigenvalue weighted by molar-refractivity contribution is 5.99. The van der Waals surface area contributed by atoms with Gasteiger partial charge in [-0.05, 0) is 36.4 Å². The highest BCUT2D eigenvalue weighted by Crippen LogP contribution is 2.27. The Bertz CT molecular complexity index is 1110. The Labute approximate surface area is 166 Å². The van der Waals surface area contributed by atoms with Gasteiger partial charge in [-0.25, -0.2) is 4.68 Å². The normalized spacial score (nSPS) is 11.0. The predicted molar refractivity (Wildman–Crippen MR) is 96.6 cm³/mol. The highest BCUT2D eigenvalue weighted by atomic mass is 19.4. The minimum atomic E-state index is -4.57. The Balaban J connectivity index is 1.63. The lowest BCUT2D eigenvalue weighted by atomic mass is 10.2. The first kappa shape index (κ1) is 20.5. The van der Waals surface area contributed by atoms with Gasteiger partial charge in [0.2, 0.25) is 0 Å². The molecule has 12 heteroatoms. The first-order valence-electron chi connectivity index (χ1n) is 8.23. The van der Waals surface area contributed by atoms with Crippen LogP contribution in [0.15, 0.2) is 60.8 Å². The standard InChI is InChI=1S/C18H12F3N5O4/c19-18(20,21)15-8-9-25(24-15)13-6-4-11(5-7-13)16(27)22-23-17(28)12-2-1-3-14(10-12)26(29)30/h1-10H,(H,22,27)(H,23,28). The van der Waals surface area contributed by atoms with E-state index < -0.39 is 28.6 Å². The molecule has 0 spiro atoms. The fourth-order valence-corrected chi connectivity index (χ4v) is 2.40. The molecule has 2 aromatic carbocycles. The molecule has 0 saturated carbocycles. The molecule has 0 aliphatic heterocycles. The van der Waals surface area contributed by atoms with Crippen LogP contribution in [-0.4, -0.2) is 26.5 Å². The predicted octanol–water partition coefficient (Wildman–Crippen LogP) is 2.87. The van der Waals surface area contributed by atoms with E-state index in [1.54, 1.807) is 0 Å². The van der Waals surface area contributed by atoms with Crippen molar-refractivity contribution in [2.75, 3.05) is 0 Å². The summed E-state index contributed by atoms with van der Waals surface area (Å²) in [5.74, 6) is -1.46. The van der Waals surface area contributed by atoms with Crippen LogP contribution in [0.1, 0.15) is 26.4 Å². The average Bonchev–Trinajstić information content (AvgIpc) is 3.23. The number of rotatable bonds is 4. The summed E-state index contributed by atoms with van der Waals surface area (Å²) in [6.45, 7) is 0. The van der Waals surface area contributed by atoms with Crippen LogP contribution >= 0.6 is 0 Å². The number of nitrogens with zero attached hydrogens (tertiary/aromatic N) is 3. The molecule has 30 heavy (non-hydrogen) atoms. The van der Waals surface area contributed by atoms with Crippen LogP contribution in [0.5, 0.6) is 0 Å². The molecule has 0 unspecified atom stereocenters. The van der Waals surface area contributed by atoms with Crippen molar-refractivity contribution in [1.29, 1.82) is 0 Å². The summed E-state index contributed by atoms with van der Waals surface area (Å²) in [6.07, 6.45) is -3.43. The maximum Gasteiger partial charge on any atom is 0.435 e. The molecule has 154 valence electrons. The second-order valence-corrected chi connectivity index (χ2v) is 5.91. The summed E-state index contributed by atoms with van der Waals surface area (Å²) in [4.78, 5) is 34.3. The zero-order chi connectivity index (χ0) is 21.9. The van der Waals surface area contributed by atoms with Crippen LogP contribution in [0.4, 0.5) is 18.9 Å². The fourth-order valence-electron chi connectivity index (χ4n) is 2.40. The molecule has 9 nitrogen and oxygen atoms in total. The van der Waals surface area contributed by atoms with Gasteiger partial charge in [-0.3, -0.25) is 30.6 Å². The third kappa shape index (κ3) is 4.60. The number of nitro benzene ring substituents is 1. The maximum atomic E-state index is 12.6. The quantitative estimate of drug-likeness (QED) is 0.498. The Hall–Kier alpha value is -4.22. The first-order chi connectivity index (χ1) is 14.1. The fraction of sp³-hybridized carbons (Fsp3) is 0.0556. The molecule has 0 aliphatic rings. The number of benzene rings is 2. The van der Waals surface area contributed by atoms with E-state index in [9.17, 15) is 32.9 Å². The Kier molecular flexibility index (Phi) is 5.49. The van der Waals surface area contributed by atoms with Gasteiger partial charge in [0.1, 0.15) is 0 Å². The SMILES string of the molecule is O=C(NNC(=O)c1cccc([N+](=O)[O-])c1)c1ccc(-n2ccc(C(F)(F)F)n2)cc1. The van der Waals surface area contributed by atoms with Gasteiger partial charge in [-0.2, -0.15) is 18.3 Å². The second-order valence-electron chi connectivity index (χ2n) is 5.91. The van der Waals surface area contributed by atoms with Gasteiger partial charge < -0.3 is 0 Å². The number of alkyl halides is 3. The first-order valence-corrected chi connectivity index (χ1v) is 8.23. The van der Waals surface area contributed by atoms with Gasteiger partial charge in [0.05, 0.1) is 10.6 Å². The summed E-state index contributed by atoms with van der Waals surface area (Å²) in [5, 5.41) is 14.2. The summed E-state index contributed by atoms with van der Waals surface area (Å²) >= 11 is 0. The molecule has 2 N–H and O–H groups in total. The molecule has 0 saturated heterocycles.